The number of esters is 1. The van der Waals surface area contributed by atoms with Gasteiger partial charge in [-0.1, -0.05) is 19.9 Å². The molecule has 2 N–H and O–H groups in total. The molecule has 0 bridgehead atoms. The third kappa shape index (κ3) is 2.87. The molecule has 0 fully saturated rings. The standard InChI is InChI=1S/C24H24N2O6/c1-4-23(3,29)32-19-8-6-7-17-14(19)9-13-11-26-18(20(13)25-17)10-16-15(21(26)27)12-31-22(28)24(16,30)5-2/h6-10,29-30H,4-5,11-12H2,1-3H3/t23?,24-/m0/s1. The number of fused-ring (bicyclic) bond motifs is 5. The smallest absolute Gasteiger partial charge is 0.343 e. The summed E-state index contributed by atoms with van der Waals surface area (Å²) in [5, 5.41) is 22.1. The minimum absolute atomic E-state index is 0.0950. The molecule has 2 aromatic heterocycles. The maximum absolute atomic E-state index is 13.2. The average Bonchev–Trinajstić information content (AvgIpc) is 3.13. The normalized spacial score (nSPS) is 20.8. The van der Waals surface area contributed by atoms with E-state index >= 15 is 0 Å². The van der Waals surface area contributed by atoms with Gasteiger partial charge in [0.25, 0.3) is 5.56 Å². The molecule has 166 valence electrons. The van der Waals surface area contributed by atoms with Gasteiger partial charge < -0.3 is 24.3 Å². The largest absolute Gasteiger partial charge is 0.462 e. The summed E-state index contributed by atoms with van der Waals surface area (Å²) in [4.78, 5) is 30.3. The Kier molecular flexibility index (Phi) is 4.44. The molecule has 2 aliphatic heterocycles. The van der Waals surface area contributed by atoms with Crippen molar-refractivity contribution in [2.75, 3.05) is 0 Å². The van der Waals surface area contributed by atoms with Gasteiger partial charge >= 0.3 is 5.97 Å². The van der Waals surface area contributed by atoms with Crippen molar-refractivity contribution < 1.29 is 24.5 Å². The van der Waals surface area contributed by atoms with Gasteiger partial charge in [-0.15, -0.1) is 0 Å². The lowest BCUT2D eigenvalue weighted by Crippen LogP contribution is -2.44. The van der Waals surface area contributed by atoms with E-state index in [0.717, 1.165) is 10.9 Å². The number of pyridine rings is 2. The van der Waals surface area contributed by atoms with Gasteiger partial charge in [0, 0.05) is 29.9 Å². The topological polar surface area (TPSA) is 111 Å². The molecule has 0 saturated carbocycles. The van der Waals surface area contributed by atoms with Crippen molar-refractivity contribution in [3.05, 3.63) is 57.4 Å². The van der Waals surface area contributed by atoms with Gasteiger partial charge in [-0.2, -0.15) is 0 Å². The lowest BCUT2D eigenvalue weighted by atomic mass is 9.86. The summed E-state index contributed by atoms with van der Waals surface area (Å²) in [5.41, 5.74) is 1.07. The number of carbonyl (C=O) groups is 1. The number of rotatable bonds is 4. The second-order valence-corrected chi connectivity index (χ2v) is 8.55. The number of aromatic nitrogens is 2. The molecule has 3 aromatic rings. The first kappa shape index (κ1) is 20.7. The minimum atomic E-state index is -1.85. The fourth-order valence-corrected chi connectivity index (χ4v) is 4.37. The number of aliphatic hydroxyl groups is 2. The summed E-state index contributed by atoms with van der Waals surface area (Å²) in [6, 6.07) is 9.01. The summed E-state index contributed by atoms with van der Waals surface area (Å²) >= 11 is 0. The Bertz CT molecular complexity index is 1340. The lowest BCUT2D eigenvalue weighted by molar-refractivity contribution is -0.172. The molecule has 0 spiro atoms. The number of carbonyl (C=O) groups excluding carboxylic acids is 1. The fraction of sp³-hybridized carbons (Fsp3) is 0.375. The van der Waals surface area contributed by atoms with Crippen LogP contribution in [0.2, 0.25) is 0 Å². The van der Waals surface area contributed by atoms with Gasteiger partial charge in [-0.3, -0.25) is 4.79 Å². The minimum Gasteiger partial charge on any atom is -0.462 e. The summed E-state index contributed by atoms with van der Waals surface area (Å²) in [6.07, 6.45) is 0.507. The zero-order valence-electron chi connectivity index (χ0n) is 18.1. The number of benzene rings is 1. The third-order valence-electron chi connectivity index (χ3n) is 6.50. The second kappa shape index (κ2) is 6.88. The zero-order chi connectivity index (χ0) is 22.8. The van der Waals surface area contributed by atoms with Crippen LogP contribution in [-0.4, -0.2) is 31.5 Å². The highest BCUT2D eigenvalue weighted by Gasteiger charge is 2.45. The molecular weight excluding hydrogens is 412 g/mol. The first-order valence-electron chi connectivity index (χ1n) is 10.7. The molecule has 0 saturated heterocycles. The van der Waals surface area contributed by atoms with Crippen LogP contribution in [0.25, 0.3) is 22.3 Å². The van der Waals surface area contributed by atoms with Crippen molar-refractivity contribution in [2.45, 2.75) is 58.2 Å². The van der Waals surface area contributed by atoms with Crippen molar-refractivity contribution in [1.29, 1.82) is 0 Å². The van der Waals surface area contributed by atoms with Crippen molar-refractivity contribution in [2.24, 2.45) is 0 Å². The molecule has 0 amide bonds. The van der Waals surface area contributed by atoms with Crippen LogP contribution in [0.4, 0.5) is 0 Å². The molecule has 5 rings (SSSR count). The highest BCUT2D eigenvalue weighted by Crippen LogP contribution is 2.39. The van der Waals surface area contributed by atoms with E-state index in [-0.39, 0.29) is 24.2 Å². The van der Waals surface area contributed by atoms with Gasteiger partial charge in [0.2, 0.25) is 5.79 Å². The maximum Gasteiger partial charge on any atom is 0.343 e. The highest BCUT2D eigenvalue weighted by molar-refractivity contribution is 5.89. The van der Waals surface area contributed by atoms with E-state index in [2.05, 4.69) is 0 Å². The first-order valence-corrected chi connectivity index (χ1v) is 10.7. The van der Waals surface area contributed by atoms with E-state index in [1.807, 2.05) is 19.1 Å². The number of cyclic esters (lactones) is 1. The van der Waals surface area contributed by atoms with Gasteiger partial charge in [-0.05, 0) is 30.7 Å². The summed E-state index contributed by atoms with van der Waals surface area (Å²) in [7, 11) is 0. The molecule has 2 atom stereocenters. The Morgan fingerprint density at radius 1 is 1.28 bits per heavy atom. The van der Waals surface area contributed by atoms with E-state index in [1.165, 1.54) is 0 Å². The Morgan fingerprint density at radius 3 is 2.78 bits per heavy atom. The number of hydrogen-bond acceptors (Lipinski definition) is 7. The molecule has 1 aromatic carbocycles. The summed E-state index contributed by atoms with van der Waals surface area (Å²) < 4.78 is 12.5. The van der Waals surface area contributed by atoms with Crippen molar-refractivity contribution in [1.82, 2.24) is 9.55 Å². The van der Waals surface area contributed by atoms with Crippen LogP contribution in [0.5, 0.6) is 5.75 Å². The summed E-state index contributed by atoms with van der Waals surface area (Å²) in [5.74, 6) is -1.55. The van der Waals surface area contributed by atoms with Crippen molar-refractivity contribution >= 4 is 16.9 Å². The maximum atomic E-state index is 13.2. The van der Waals surface area contributed by atoms with E-state index in [9.17, 15) is 19.8 Å². The molecule has 1 unspecified atom stereocenters. The highest BCUT2D eigenvalue weighted by atomic mass is 16.6. The third-order valence-corrected chi connectivity index (χ3v) is 6.50. The predicted octanol–water partition coefficient (Wildman–Crippen LogP) is 2.58. The van der Waals surface area contributed by atoms with Crippen molar-refractivity contribution in [3.63, 3.8) is 0 Å². The molecule has 0 radical (unpaired) electrons. The van der Waals surface area contributed by atoms with Crippen LogP contribution < -0.4 is 10.3 Å². The molecule has 0 aliphatic carbocycles. The van der Waals surface area contributed by atoms with Crippen LogP contribution in [0.1, 0.15) is 50.3 Å². The second-order valence-electron chi connectivity index (χ2n) is 8.55. The van der Waals surface area contributed by atoms with Crippen LogP contribution in [0.3, 0.4) is 0 Å². The lowest BCUT2D eigenvalue weighted by Gasteiger charge is -2.31. The van der Waals surface area contributed by atoms with E-state index in [4.69, 9.17) is 14.5 Å². The quantitative estimate of drug-likeness (QED) is 0.374. The Hall–Kier alpha value is -3.23. The SMILES string of the molecule is CCC(C)(O)Oc1cccc2nc3c(cc12)Cn1c-3cc2c(c1=O)COC(=O)[C@]2(O)CC. The van der Waals surface area contributed by atoms with E-state index < -0.39 is 17.4 Å². The predicted molar refractivity (Wildman–Crippen MR) is 116 cm³/mol. The molecule has 32 heavy (non-hydrogen) atoms. The van der Waals surface area contributed by atoms with Gasteiger partial charge in [0.15, 0.2) is 5.60 Å². The van der Waals surface area contributed by atoms with Gasteiger partial charge in [-0.25, -0.2) is 9.78 Å². The Morgan fingerprint density at radius 2 is 2.06 bits per heavy atom. The molecule has 8 heteroatoms. The van der Waals surface area contributed by atoms with Crippen LogP contribution >= 0.6 is 0 Å². The summed E-state index contributed by atoms with van der Waals surface area (Å²) in [6.45, 7) is 5.25. The van der Waals surface area contributed by atoms with E-state index in [1.54, 1.807) is 36.6 Å². The monoisotopic (exact) mass is 436 g/mol. The van der Waals surface area contributed by atoms with E-state index in [0.29, 0.717) is 41.2 Å². The van der Waals surface area contributed by atoms with Crippen molar-refractivity contribution in [3.8, 4) is 17.1 Å². The number of hydrogen-bond donors (Lipinski definition) is 2. The molecule has 4 heterocycles. The average molecular weight is 436 g/mol. The fourth-order valence-electron chi connectivity index (χ4n) is 4.37. The Balaban J connectivity index is 1.70. The molecule has 2 aliphatic rings. The molecular formula is C24H24N2O6. The van der Waals surface area contributed by atoms with Crippen LogP contribution in [-0.2, 0) is 28.3 Å². The van der Waals surface area contributed by atoms with Gasteiger partial charge in [0.1, 0.15) is 12.4 Å². The number of nitrogens with zero attached hydrogens (tertiary/aromatic N) is 2. The first-order chi connectivity index (χ1) is 15.2. The zero-order valence-corrected chi connectivity index (χ0v) is 18.1. The van der Waals surface area contributed by atoms with Crippen LogP contribution in [0.15, 0.2) is 35.1 Å². The van der Waals surface area contributed by atoms with Gasteiger partial charge in [0.05, 0.1) is 29.0 Å². The number of ether oxygens (including phenoxy) is 2. The molecule has 8 nitrogen and oxygen atoms in total. The Labute approximate surface area is 184 Å². The van der Waals surface area contributed by atoms with Crippen LogP contribution in [0, 0.1) is 0 Å².